The Morgan fingerprint density at radius 3 is 2.68 bits per heavy atom. The van der Waals surface area contributed by atoms with E-state index in [9.17, 15) is 4.79 Å². The fourth-order valence-corrected chi connectivity index (χ4v) is 2.87. The summed E-state index contributed by atoms with van der Waals surface area (Å²) < 4.78 is 0.955. The maximum Gasteiger partial charge on any atom is 0.257 e. The van der Waals surface area contributed by atoms with Gasteiger partial charge in [-0.2, -0.15) is 0 Å². The predicted octanol–water partition coefficient (Wildman–Crippen LogP) is 3.34. The fraction of sp³-hybridized carbons (Fsp3) is 0.429. The lowest BCUT2D eigenvalue weighted by atomic mass is 10.0. The molecular formula is C14H17BrN2OS. The average Bonchev–Trinajstić information content (AvgIpc) is 2.39. The Balaban J connectivity index is 1.98. The van der Waals surface area contributed by atoms with Crippen molar-refractivity contribution in [3.05, 3.63) is 34.3 Å². The third kappa shape index (κ3) is 3.76. The van der Waals surface area contributed by atoms with Crippen molar-refractivity contribution >= 4 is 39.2 Å². The van der Waals surface area contributed by atoms with E-state index in [0.717, 1.165) is 23.9 Å². The van der Waals surface area contributed by atoms with Crippen LogP contribution in [0.1, 0.15) is 36.5 Å². The first kappa shape index (κ1) is 14.5. The van der Waals surface area contributed by atoms with Gasteiger partial charge in [-0.15, -0.1) is 0 Å². The number of likely N-dealkylation sites (tertiary alicyclic amines) is 1. The Bertz CT molecular complexity index is 475. The molecule has 2 rings (SSSR count). The van der Waals surface area contributed by atoms with E-state index in [1.54, 1.807) is 12.1 Å². The third-order valence-electron chi connectivity index (χ3n) is 3.39. The van der Waals surface area contributed by atoms with Gasteiger partial charge in [0.2, 0.25) is 0 Å². The number of hydrogen-bond acceptors (Lipinski definition) is 2. The van der Waals surface area contributed by atoms with Crippen molar-refractivity contribution in [1.29, 1.82) is 0 Å². The maximum absolute atomic E-state index is 12.1. The van der Waals surface area contributed by atoms with Gasteiger partial charge in [0.1, 0.15) is 0 Å². The second kappa shape index (κ2) is 6.48. The van der Waals surface area contributed by atoms with E-state index in [2.05, 4.69) is 33.1 Å². The summed E-state index contributed by atoms with van der Waals surface area (Å²) in [6, 6.07) is 7.67. The molecule has 0 radical (unpaired) electrons. The van der Waals surface area contributed by atoms with Crippen LogP contribution in [0.3, 0.4) is 0 Å². The topological polar surface area (TPSA) is 32.3 Å². The van der Waals surface area contributed by atoms with Crippen molar-refractivity contribution in [2.75, 3.05) is 6.54 Å². The first-order chi connectivity index (χ1) is 9.08. The number of carbonyl (C=O) groups is 1. The highest BCUT2D eigenvalue weighted by Crippen LogP contribution is 2.16. The minimum Gasteiger partial charge on any atom is -0.346 e. The van der Waals surface area contributed by atoms with Crippen LogP contribution >= 0.6 is 28.1 Å². The van der Waals surface area contributed by atoms with E-state index in [-0.39, 0.29) is 5.91 Å². The van der Waals surface area contributed by atoms with Gasteiger partial charge in [0.25, 0.3) is 5.91 Å². The van der Waals surface area contributed by atoms with Crippen molar-refractivity contribution in [2.24, 2.45) is 0 Å². The number of thiocarbonyl (C=S) groups is 1. The van der Waals surface area contributed by atoms with E-state index in [4.69, 9.17) is 12.2 Å². The van der Waals surface area contributed by atoms with E-state index < -0.39 is 0 Å². The predicted molar refractivity (Wildman–Crippen MR) is 84.2 cm³/mol. The summed E-state index contributed by atoms with van der Waals surface area (Å²) in [7, 11) is 0. The molecule has 1 fully saturated rings. The molecule has 0 saturated carbocycles. The third-order valence-corrected chi connectivity index (χ3v) is 4.26. The van der Waals surface area contributed by atoms with Crippen LogP contribution in [-0.4, -0.2) is 28.5 Å². The van der Waals surface area contributed by atoms with Gasteiger partial charge >= 0.3 is 0 Å². The molecule has 3 nitrogen and oxygen atoms in total. The first-order valence-electron chi connectivity index (χ1n) is 6.45. The van der Waals surface area contributed by atoms with Crippen molar-refractivity contribution in [2.45, 2.75) is 32.2 Å². The van der Waals surface area contributed by atoms with Gasteiger partial charge in [-0.1, -0.05) is 15.9 Å². The van der Waals surface area contributed by atoms with Gasteiger partial charge in [-0.25, -0.2) is 0 Å². The van der Waals surface area contributed by atoms with Gasteiger partial charge in [-0.3, -0.25) is 10.1 Å². The zero-order valence-electron chi connectivity index (χ0n) is 10.9. The second-order valence-corrected chi connectivity index (χ2v) is 6.11. The molecule has 0 aromatic heterocycles. The molecule has 0 unspecified atom stereocenters. The molecule has 1 amide bonds. The SMILES string of the molecule is C[C@@H]1CCCCN1C(=S)NC(=O)c1ccc(Br)cc1. The summed E-state index contributed by atoms with van der Waals surface area (Å²) in [6.45, 7) is 3.08. The molecule has 19 heavy (non-hydrogen) atoms. The quantitative estimate of drug-likeness (QED) is 0.795. The minimum absolute atomic E-state index is 0.143. The molecular weight excluding hydrogens is 324 g/mol. The van der Waals surface area contributed by atoms with Crippen LogP contribution < -0.4 is 5.32 Å². The normalized spacial score (nSPS) is 19.1. The number of nitrogens with one attached hydrogen (secondary N) is 1. The molecule has 1 aliphatic heterocycles. The van der Waals surface area contributed by atoms with E-state index in [1.165, 1.54) is 6.42 Å². The zero-order valence-corrected chi connectivity index (χ0v) is 13.3. The fourth-order valence-electron chi connectivity index (χ4n) is 2.24. The number of amides is 1. The summed E-state index contributed by atoms with van der Waals surface area (Å²) in [5.41, 5.74) is 0.621. The number of carbonyl (C=O) groups excluding carboxylic acids is 1. The van der Waals surface area contributed by atoms with Crippen molar-refractivity contribution in [3.63, 3.8) is 0 Å². The maximum atomic E-state index is 12.1. The van der Waals surface area contributed by atoms with Gasteiger partial charge in [0.05, 0.1) is 0 Å². The molecule has 1 N–H and O–H groups in total. The van der Waals surface area contributed by atoms with Crippen LogP contribution in [0.15, 0.2) is 28.7 Å². The lowest BCUT2D eigenvalue weighted by molar-refractivity contribution is 0.0970. The summed E-state index contributed by atoms with van der Waals surface area (Å²) in [4.78, 5) is 14.2. The van der Waals surface area contributed by atoms with E-state index >= 15 is 0 Å². The number of piperidine rings is 1. The highest BCUT2D eigenvalue weighted by Gasteiger charge is 2.21. The summed E-state index contributed by atoms with van der Waals surface area (Å²) in [5.74, 6) is -0.143. The summed E-state index contributed by atoms with van der Waals surface area (Å²) >= 11 is 8.69. The Morgan fingerprint density at radius 1 is 1.37 bits per heavy atom. The summed E-state index contributed by atoms with van der Waals surface area (Å²) in [6.07, 6.45) is 3.51. The Kier molecular flexibility index (Phi) is 4.93. The molecule has 1 aliphatic rings. The Morgan fingerprint density at radius 2 is 2.05 bits per heavy atom. The monoisotopic (exact) mass is 340 g/mol. The van der Waals surface area contributed by atoms with Crippen LogP contribution in [0, 0.1) is 0 Å². The lowest BCUT2D eigenvalue weighted by Crippen LogP contribution is -2.48. The molecule has 0 bridgehead atoms. The van der Waals surface area contributed by atoms with Crippen molar-refractivity contribution < 1.29 is 4.79 Å². The van der Waals surface area contributed by atoms with Gasteiger partial charge < -0.3 is 4.90 Å². The van der Waals surface area contributed by atoms with Crippen LogP contribution in [0.4, 0.5) is 0 Å². The number of hydrogen-bond donors (Lipinski definition) is 1. The number of nitrogens with zero attached hydrogens (tertiary/aromatic N) is 1. The number of rotatable bonds is 1. The second-order valence-electron chi connectivity index (χ2n) is 4.80. The standard InChI is InChI=1S/C14H17BrN2OS/c1-10-4-2-3-9-17(10)14(19)16-13(18)11-5-7-12(15)8-6-11/h5-8,10H,2-4,9H2,1H3,(H,16,18,19)/t10-/m1/s1. The van der Waals surface area contributed by atoms with Crippen LogP contribution in [0.25, 0.3) is 0 Å². The average molecular weight is 341 g/mol. The molecule has 1 saturated heterocycles. The van der Waals surface area contributed by atoms with Crippen LogP contribution in [0.5, 0.6) is 0 Å². The lowest BCUT2D eigenvalue weighted by Gasteiger charge is -2.35. The largest absolute Gasteiger partial charge is 0.346 e. The van der Waals surface area contributed by atoms with Crippen LogP contribution in [0.2, 0.25) is 0 Å². The summed E-state index contributed by atoms with van der Waals surface area (Å²) in [5, 5.41) is 3.36. The van der Waals surface area contributed by atoms with Gasteiger partial charge in [-0.05, 0) is 62.7 Å². The smallest absolute Gasteiger partial charge is 0.257 e. The molecule has 1 atom stereocenters. The molecule has 5 heteroatoms. The van der Waals surface area contributed by atoms with Gasteiger partial charge in [0, 0.05) is 22.6 Å². The first-order valence-corrected chi connectivity index (χ1v) is 7.65. The highest BCUT2D eigenvalue weighted by molar-refractivity contribution is 9.10. The molecule has 1 aromatic carbocycles. The zero-order chi connectivity index (χ0) is 13.8. The molecule has 0 spiro atoms. The Hall–Kier alpha value is -0.940. The van der Waals surface area contributed by atoms with E-state index in [0.29, 0.717) is 16.7 Å². The minimum atomic E-state index is -0.143. The number of benzene rings is 1. The molecule has 1 aromatic rings. The Labute approximate surface area is 127 Å². The molecule has 0 aliphatic carbocycles. The highest BCUT2D eigenvalue weighted by atomic mass is 79.9. The van der Waals surface area contributed by atoms with Gasteiger partial charge in [0.15, 0.2) is 5.11 Å². The van der Waals surface area contributed by atoms with Crippen LogP contribution in [-0.2, 0) is 0 Å². The molecule has 1 heterocycles. The van der Waals surface area contributed by atoms with Crippen molar-refractivity contribution in [1.82, 2.24) is 10.2 Å². The van der Waals surface area contributed by atoms with E-state index in [1.807, 2.05) is 12.1 Å². The number of halogens is 1. The van der Waals surface area contributed by atoms with Crippen molar-refractivity contribution in [3.8, 4) is 0 Å². The molecule has 102 valence electrons.